The molecule has 0 aliphatic carbocycles. The van der Waals surface area contributed by atoms with Gasteiger partial charge in [0, 0.05) is 38.0 Å². The van der Waals surface area contributed by atoms with Crippen molar-refractivity contribution in [3.05, 3.63) is 53.6 Å². The highest BCUT2D eigenvalue weighted by atomic mass is 35.5. The zero-order valence-electron chi connectivity index (χ0n) is 18.0. The molecule has 32 heavy (non-hydrogen) atoms. The molecule has 0 saturated carbocycles. The zero-order chi connectivity index (χ0) is 22.0. The van der Waals surface area contributed by atoms with E-state index in [9.17, 15) is 13.2 Å². The van der Waals surface area contributed by atoms with Crippen LogP contribution >= 0.6 is 23.7 Å². The van der Waals surface area contributed by atoms with Gasteiger partial charge in [-0.25, -0.2) is 13.4 Å². The fourth-order valence-electron chi connectivity index (χ4n) is 3.52. The van der Waals surface area contributed by atoms with Crippen LogP contribution < -0.4 is 4.90 Å². The summed E-state index contributed by atoms with van der Waals surface area (Å²) in [4.78, 5) is 22.3. The van der Waals surface area contributed by atoms with Gasteiger partial charge in [0.1, 0.15) is 0 Å². The predicted octanol–water partition coefficient (Wildman–Crippen LogP) is 3.41. The van der Waals surface area contributed by atoms with Crippen molar-refractivity contribution < 1.29 is 17.9 Å². The lowest BCUT2D eigenvalue weighted by atomic mass is 10.1. The molecule has 2 heterocycles. The van der Waals surface area contributed by atoms with Crippen LogP contribution in [-0.2, 0) is 14.6 Å². The summed E-state index contributed by atoms with van der Waals surface area (Å²) in [6.45, 7) is 6.23. The van der Waals surface area contributed by atoms with Gasteiger partial charge in [0.2, 0.25) is 0 Å². The lowest BCUT2D eigenvalue weighted by Gasteiger charge is -2.29. The molecule has 0 atom stereocenters. The number of benzene rings is 2. The van der Waals surface area contributed by atoms with Crippen LogP contribution in [0.15, 0.2) is 47.4 Å². The number of hydrogen-bond acceptors (Lipinski definition) is 7. The van der Waals surface area contributed by atoms with Crippen molar-refractivity contribution in [2.75, 3.05) is 50.5 Å². The third kappa shape index (κ3) is 5.65. The Bertz CT molecular complexity index is 1210. The summed E-state index contributed by atoms with van der Waals surface area (Å²) >= 11 is 1.34. The van der Waals surface area contributed by atoms with E-state index in [1.807, 2.05) is 31.2 Å². The minimum absolute atomic E-state index is 0. The molecule has 3 aromatic rings. The fourth-order valence-corrected chi connectivity index (χ4v) is 5.27. The molecule has 0 spiro atoms. The number of amides is 1. The van der Waals surface area contributed by atoms with Gasteiger partial charge in [0.15, 0.2) is 15.0 Å². The zero-order valence-corrected chi connectivity index (χ0v) is 20.4. The van der Waals surface area contributed by atoms with Crippen LogP contribution in [0.2, 0.25) is 0 Å². The number of anilines is 1. The second-order valence-electron chi connectivity index (χ2n) is 7.68. The van der Waals surface area contributed by atoms with E-state index in [4.69, 9.17) is 4.74 Å². The number of ether oxygens (including phenoxy) is 1. The molecule has 0 N–H and O–H groups in total. The summed E-state index contributed by atoms with van der Waals surface area (Å²) in [5.41, 5.74) is 2.31. The average molecular weight is 496 g/mol. The van der Waals surface area contributed by atoms with Crippen LogP contribution in [0.1, 0.15) is 15.9 Å². The molecular formula is C22H26ClN3O4S2. The summed E-state index contributed by atoms with van der Waals surface area (Å²) in [6.07, 6.45) is 1.19. The highest BCUT2D eigenvalue weighted by Gasteiger charge is 2.23. The molecule has 1 amide bonds. The van der Waals surface area contributed by atoms with Gasteiger partial charge in [-0.3, -0.25) is 14.6 Å². The monoisotopic (exact) mass is 495 g/mol. The standard InChI is InChI=1S/C22H25N3O4S2.ClH/c1-16-4-3-5-17(14-16)21(26)25(9-8-24-10-12-29-13-11-24)22-23-19-7-6-18(31(2,27)28)15-20(19)30-22;/h3-7,14-15H,8-13H2,1-2H3;1H. The van der Waals surface area contributed by atoms with Crippen molar-refractivity contribution in [1.82, 2.24) is 9.88 Å². The van der Waals surface area contributed by atoms with Gasteiger partial charge < -0.3 is 4.74 Å². The summed E-state index contributed by atoms with van der Waals surface area (Å²) in [5, 5.41) is 0.570. The Hall–Kier alpha value is -2.04. The normalized spacial score (nSPS) is 14.8. The number of hydrogen-bond donors (Lipinski definition) is 0. The Balaban J connectivity index is 0.00000289. The van der Waals surface area contributed by atoms with E-state index in [1.54, 1.807) is 23.1 Å². The molecule has 7 nitrogen and oxygen atoms in total. The fraction of sp³-hybridized carbons (Fsp3) is 0.364. The molecule has 1 saturated heterocycles. The molecule has 1 fully saturated rings. The third-order valence-electron chi connectivity index (χ3n) is 5.26. The molecule has 0 unspecified atom stereocenters. The number of halogens is 1. The third-order valence-corrected chi connectivity index (χ3v) is 7.41. The van der Waals surface area contributed by atoms with Gasteiger partial charge in [-0.15, -0.1) is 12.4 Å². The lowest BCUT2D eigenvalue weighted by molar-refractivity contribution is 0.0391. The first-order valence-electron chi connectivity index (χ1n) is 10.1. The number of aryl methyl sites for hydroxylation is 1. The van der Waals surface area contributed by atoms with Crippen LogP contribution in [-0.4, -0.2) is 69.9 Å². The molecular weight excluding hydrogens is 470 g/mol. The molecule has 2 aromatic carbocycles. The highest BCUT2D eigenvalue weighted by molar-refractivity contribution is 7.90. The van der Waals surface area contributed by atoms with Crippen molar-refractivity contribution in [3.8, 4) is 0 Å². The maximum atomic E-state index is 13.4. The first-order chi connectivity index (χ1) is 14.8. The molecule has 10 heteroatoms. The first-order valence-corrected chi connectivity index (χ1v) is 12.8. The summed E-state index contributed by atoms with van der Waals surface area (Å²) in [6, 6.07) is 12.4. The van der Waals surface area contributed by atoms with E-state index in [1.165, 1.54) is 17.6 Å². The Morgan fingerprint density at radius 2 is 1.94 bits per heavy atom. The van der Waals surface area contributed by atoms with Gasteiger partial charge in [-0.05, 0) is 37.3 Å². The number of sulfone groups is 1. The summed E-state index contributed by atoms with van der Waals surface area (Å²) < 4.78 is 30.0. The number of carbonyl (C=O) groups excluding carboxylic acids is 1. The van der Waals surface area contributed by atoms with E-state index >= 15 is 0 Å². The SMILES string of the molecule is Cc1cccc(C(=O)N(CCN2CCOCC2)c2nc3ccc(S(C)(=O)=O)cc3s2)c1.Cl. The quantitative estimate of drug-likeness (QED) is 0.521. The molecule has 4 rings (SSSR count). The predicted molar refractivity (Wildman–Crippen MR) is 130 cm³/mol. The Kier molecular flexibility index (Phi) is 7.89. The number of aromatic nitrogens is 1. The van der Waals surface area contributed by atoms with Crippen molar-refractivity contribution in [3.63, 3.8) is 0 Å². The van der Waals surface area contributed by atoms with E-state index in [-0.39, 0.29) is 23.2 Å². The summed E-state index contributed by atoms with van der Waals surface area (Å²) in [5.74, 6) is -0.112. The molecule has 1 aliphatic rings. The van der Waals surface area contributed by atoms with Gasteiger partial charge in [-0.2, -0.15) is 0 Å². The lowest BCUT2D eigenvalue weighted by Crippen LogP contribution is -2.43. The largest absolute Gasteiger partial charge is 0.379 e. The maximum absolute atomic E-state index is 13.4. The topological polar surface area (TPSA) is 79.8 Å². The van der Waals surface area contributed by atoms with Crippen LogP contribution in [0.3, 0.4) is 0 Å². The summed E-state index contributed by atoms with van der Waals surface area (Å²) in [7, 11) is -3.31. The van der Waals surface area contributed by atoms with E-state index in [2.05, 4.69) is 9.88 Å². The van der Waals surface area contributed by atoms with Crippen LogP contribution in [0.5, 0.6) is 0 Å². The smallest absolute Gasteiger partial charge is 0.260 e. The number of carbonyl (C=O) groups is 1. The van der Waals surface area contributed by atoms with Crippen molar-refractivity contribution in [2.24, 2.45) is 0 Å². The van der Waals surface area contributed by atoms with Gasteiger partial charge in [0.05, 0.1) is 28.3 Å². The second kappa shape index (κ2) is 10.3. The Morgan fingerprint density at radius 3 is 2.62 bits per heavy atom. The maximum Gasteiger partial charge on any atom is 0.260 e. The minimum Gasteiger partial charge on any atom is -0.379 e. The van der Waals surface area contributed by atoms with Crippen LogP contribution in [0.25, 0.3) is 10.2 Å². The van der Waals surface area contributed by atoms with Crippen LogP contribution in [0.4, 0.5) is 5.13 Å². The number of morpholine rings is 1. The first kappa shape index (κ1) is 24.6. The van der Waals surface area contributed by atoms with Crippen molar-refractivity contribution in [1.29, 1.82) is 0 Å². The highest BCUT2D eigenvalue weighted by Crippen LogP contribution is 2.31. The van der Waals surface area contributed by atoms with E-state index in [0.29, 0.717) is 42.5 Å². The number of thiazole rings is 1. The van der Waals surface area contributed by atoms with Gasteiger partial charge >= 0.3 is 0 Å². The molecule has 172 valence electrons. The van der Waals surface area contributed by atoms with Crippen molar-refractivity contribution >= 4 is 54.8 Å². The average Bonchev–Trinajstić information content (AvgIpc) is 3.17. The van der Waals surface area contributed by atoms with Crippen LogP contribution in [0, 0.1) is 6.92 Å². The van der Waals surface area contributed by atoms with Gasteiger partial charge in [-0.1, -0.05) is 29.0 Å². The molecule has 0 bridgehead atoms. The van der Waals surface area contributed by atoms with Gasteiger partial charge in [0.25, 0.3) is 5.91 Å². The number of fused-ring (bicyclic) bond motifs is 1. The Labute approximate surface area is 198 Å². The number of rotatable bonds is 6. The second-order valence-corrected chi connectivity index (χ2v) is 10.7. The molecule has 1 aliphatic heterocycles. The Morgan fingerprint density at radius 1 is 1.19 bits per heavy atom. The molecule has 0 radical (unpaired) electrons. The number of nitrogens with zero attached hydrogens (tertiary/aromatic N) is 3. The van der Waals surface area contributed by atoms with E-state index in [0.717, 1.165) is 23.4 Å². The van der Waals surface area contributed by atoms with E-state index < -0.39 is 9.84 Å². The molecule has 1 aromatic heterocycles. The minimum atomic E-state index is -3.31. The van der Waals surface area contributed by atoms with Crippen molar-refractivity contribution in [2.45, 2.75) is 11.8 Å².